The maximum absolute atomic E-state index is 12.8. The molecule has 0 radical (unpaired) electrons. The second-order valence-electron chi connectivity index (χ2n) is 7.17. The van der Waals surface area contributed by atoms with E-state index in [-0.39, 0.29) is 23.8 Å². The number of nitrogens with one attached hydrogen (secondary N) is 1. The predicted molar refractivity (Wildman–Crippen MR) is 114 cm³/mol. The monoisotopic (exact) mass is 422 g/mol. The fourth-order valence-electron chi connectivity index (χ4n) is 3.05. The van der Waals surface area contributed by atoms with Crippen LogP contribution in [0.25, 0.3) is 5.69 Å². The third kappa shape index (κ3) is 4.58. The Balaban J connectivity index is 1.74. The summed E-state index contributed by atoms with van der Waals surface area (Å²) in [7, 11) is 1.50. The zero-order valence-electron chi connectivity index (χ0n) is 17.6. The van der Waals surface area contributed by atoms with E-state index in [2.05, 4.69) is 15.6 Å². The normalized spacial score (nSPS) is 10.6. The van der Waals surface area contributed by atoms with Crippen LogP contribution < -0.4 is 5.32 Å². The molecule has 0 unspecified atom stereocenters. The highest BCUT2D eigenvalue weighted by Gasteiger charge is 2.23. The number of nitrogens with zero attached hydrogens (tertiary/aromatic N) is 5. The Hall–Kier alpha value is -4.08. The SMILES string of the molecule is Cc1cccc(NC(=O)CN(C)C(=O)c2nnn(-c3cccc([N+](=O)[O-])c3)c2C)c1C. The lowest BCUT2D eigenvalue weighted by molar-refractivity contribution is -0.384. The molecule has 0 spiro atoms. The number of nitro groups is 1. The minimum Gasteiger partial charge on any atom is -0.331 e. The van der Waals surface area contributed by atoms with Crippen molar-refractivity contribution in [1.29, 1.82) is 0 Å². The fourth-order valence-corrected chi connectivity index (χ4v) is 3.05. The topological polar surface area (TPSA) is 123 Å². The average Bonchev–Trinajstić information content (AvgIpc) is 3.12. The van der Waals surface area contributed by atoms with E-state index in [9.17, 15) is 19.7 Å². The van der Waals surface area contributed by atoms with Crippen molar-refractivity contribution >= 4 is 23.2 Å². The van der Waals surface area contributed by atoms with Crippen molar-refractivity contribution in [2.24, 2.45) is 0 Å². The van der Waals surface area contributed by atoms with Gasteiger partial charge in [0.2, 0.25) is 5.91 Å². The minimum atomic E-state index is -0.510. The van der Waals surface area contributed by atoms with E-state index in [1.54, 1.807) is 19.1 Å². The van der Waals surface area contributed by atoms with E-state index in [4.69, 9.17) is 0 Å². The first-order valence-corrected chi connectivity index (χ1v) is 9.47. The molecule has 0 aliphatic heterocycles. The summed E-state index contributed by atoms with van der Waals surface area (Å²) in [6.07, 6.45) is 0. The summed E-state index contributed by atoms with van der Waals surface area (Å²) in [6, 6.07) is 11.5. The van der Waals surface area contributed by atoms with Crippen molar-refractivity contribution in [3.05, 3.63) is 75.1 Å². The number of amides is 2. The number of carbonyl (C=O) groups is 2. The maximum Gasteiger partial charge on any atom is 0.276 e. The van der Waals surface area contributed by atoms with Crippen LogP contribution in [0.5, 0.6) is 0 Å². The van der Waals surface area contributed by atoms with Gasteiger partial charge in [0.25, 0.3) is 11.6 Å². The first-order valence-electron chi connectivity index (χ1n) is 9.47. The van der Waals surface area contributed by atoms with Crippen LogP contribution in [0.2, 0.25) is 0 Å². The summed E-state index contributed by atoms with van der Waals surface area (Å²) in [6.45, 7) is 5.33. The largest absolute Gasteiger partial charge is 0.331 e. The average molecular weight is 422 g/mol. The molecule has 0 bridgehead atoms. The summed E-state index contributed by atoms with van der Waals surface area (Å²) < 4.78 is 1.35. The van der Waals surface area contributed by atoms with Gasteiger partial charge < -0.3 is 10.2 Å². The quantitative estimate of drug-likeness (QED) is 0.481. The zero-order valence-corrected chi connectivity index (χ0v) is 17.6. The van der Waals surface area contributed by atoms with Crippen LogP contribution in [0.3, 0.4) is 0 Å². The van der Waals surface area contributed by atoms with E-state index in [0.717, 1.165) is 11.1 Å². The highest BCUT2D eigenvalue weighted by molar-refractivity contribution is 5.99. The van der Waals surface area contributed by atoms with Gasteiger partial charge in [-0.3, -0.25) is 19.7 Å². The Morgan fingerprint density at radius 2 is 1.87 bits per heavy atom. The third-order valence-corrected chi connectivity index (χ3v) is 4.99. The first-order chi connectivity index (χ1) is 14.7. The zero-order chi connectivity index (χ0) is 22.7. The number of rotatable bonds is 6. The molecule has 160 valence electrons. The van der Waals surface area contributed by atoms with E-state index in [0.29, 0.717) is 17.1 Å². The molecule has 2 aromatic carbocycles. The molecule has 1 heterocycles. The molecule has 31 heavy (non-hydrogen) atoms. The second kappa shape index (κ2) is 8.74. The Morgan fingerprint density at radius 3 is 2.58 bits per heavy atom. The van der Waals surface area contributed by atoms with E-state index in [1.165, 1.54) is 34.8 Å². The van der Waals surface area contributed by atoms with Crippen molar-refractivity contribution in [2.45, 2.75) is 20.8 Å². The third-order valence-electron chi connectivity index (χ3n) is 4.99. The summed E-state index contributed by atoms with van der Waals surface area (Å²) in [5.41, 5.74) is 3.49. The molecular formula is C21H22N6O4. The van der Waals surface area contributed by atoms with E-state index < -0.39 is 10.8 Å². The van der Waals surface area contributed by atoms with Crippen LogP contribution in [0.1, 0.15) is 27.3 Å². The van der Waals surface area contributed by atoms with Crippen LogP contribution in [0.4, 0.5) is 11.4 Å². The highest BCUT2D eigenvalue weighted by Crippen LogP contribution is 2.20. The van der Waals surface area contributed by atoms with Gasteiger partial charge in [0.05, 0.1) is 22.8 Å². The van der Waals surface area contributed by atoms with Crippen LogP contribution >= 0.6 is 0 Å². The lowest BCUT2D eigenvalue weighted by atomic mass is 10.1. The van der Waals surface area contributed by atoms with Crippen LogP contribution in [0, 0.1) is 30.9 Å². The van der Waals surface area contributed by atoms with Gasteiger partial charge in [0, 0.05) is 24.9 Å². The molecule has 1 aromatic heterocycles. The highest BCUT2D eigenvalue weighted by atomic mass is 16.6. The summed E-state index contributed by atoms with van der Waals surface area (Å²) in [5.74, 6) is -0.821. The number of aromatic nitrogens is 3. The molecule has 2 amide bonds. The maximum atomic E-state index is 12.8. The van der Waals surface area contributed by atoms with Crippen molar-refractivity contribution in [3.63, 3.8) is 0 Å². The number of non-ortho nitro benzene ring substituents is 1. The predicted octanol–water partition coefficient (Wildman–Crippen LogP) is 2.81. The van der Waals surface area contributed by atoms with Gasteiger partial charge in [0.15, 0.2) is 5.69 Å². The Morgan fingerprint density at radius 1 is 1.16 bits per heavy atom. The number of anilines is 1. The molecule has 0 atom stereocenters. The summed E-state index contributed by atoms with van der Waals surface area (Å²) in [5, 5.41) is 21.7. The van der Waals surface area contributed by atoms with Crippen molar-refractivity contribution in [1.82, 2.24) is 19.9 Å². The number of aryl methyl sites for hydroxylation is 1. The number of likely N-dealkylation sites (N-methyl/N-ethyl adjacent to an activating group) is 1. The lowest BCUT2D eigenvalue weighted by Crippen LogP contribution is -2.35. The van der Waals surface area contributed by atoms with Gasteiger partial charge in [-0.05, 0) is 44.0 Å². The number of hydrogen-bond acceptors (Lipinski definition) is 6. The van der Waals surface area contributed by atoms with Gasteiger partial charge in [-0.15, -0.1) is 5.10 Å². The van der Waals surface area contributed by atoms with Crippen LogP contribution in [0.15, 0.2) is 42.5 Å². The number of benzene rings is 2. The smallest absolute Gasteiger partial charge is 0.276 e. The molecular weight excluding hydrogens is 400 g/mol. The number of hydrogen-bond donors (Lipinski definition) is 1. The van der Waals surface area contributed by atoms with Gasteiger partial charge in [-0.25, -0.2) is 4.68 Å². The van der Waals surface area contributed by atoms with Crippen molar-refractivity contribution in [2.75, 3.05) is 18.9 Å². The molecule has 3 aromatic rings. The summed E-state index contributed by atoms with van der Waals surface area (Å²) >= 11 is 0. The Kier molecular flexibility index (Phi) is 6.10. The fraction of sp³-hybridized carbons (Fsp3) is 0.238. The lowest BCUT2D eigenvalue weighted by Gasteiger charge is -2.17. The molecule has 0 saturated heterocycles. The number of carbonyl (C=O) groups excluding carboxylic acids is 2. The van der Waals surface area contributed by atoms with Crippen LogP contribution in [-0.4, -0.2) is 50.2 Å². The molecule has 0 aliphatic rings. The van der Waals surface area contributed by atoms with Gasteiger partial charge >= 0.3 is 0 Å². The van der Waals surface area contributed by atoms with Crippen molar-refractivity contribution in [3.8, 4) is 5.69 Å². The Bertz CT molecular complexity index is 1170. The molecule has 0 saturated carbocycles. The van der Waals surface area contributed by atoms with Crippen molar-refractivity contribution < 1.29 is 14.5 Å². The van der Waals surface area contributed by atoms with Crippen LogP contribution in [-0.2, 0) is 4.79 Å². The number of nitro benzene ring substituents is 1. The standard InChI is InChI=1S/C21H22N6O4/c1-13-7-5-10-18(14(13)2)22-19(28)12-25(4)21(29)20-15(3)26(24-23-20)16-8-6-9-17(11-16)27(30)31/h5-11H,12H2,1-4H3,(H,22,28). The van der Waals surface area contributed by atoms with Gasteiger partial charge in [-0.2, -0.15) is 0 Å². The Labute approximate surface area is 178 Å². The van der Waals surface area contributed by atoms with Gasteiger partial charge in [-0.1, -0.05) is 23.4 Å². The molecule has 3 rings (SSSR count). The molecule has 1 N–H and O–H groups in total. The molecule has 0 aliphatic carbocycles. The minimum absolute atomic E-state index is 0.0635. The van der Waals surface area contributed by atoms with E-state index in [1.807, 2.05) is 26.0 Å². The molecule has 10 heteroatoms. The molecule has 0 fully saturated rings. The summed E-state index contributed by atoms with van der Waals surface area (Å²) in [4.78, 5) is 37.0. The van der Waals surface area contributed by atoms with E-state index >= 15 is 0 Å². The first kappa shape index (κ1) is 21.6. The second-order valence-corrected chi connectivity index (χ2v) is 7.17. The molecule has 10 nitrogen and oxygen atoms in total. The van der Waals surface area contributed by atoms with Gasteiger partial charge in [0.1, 0.15) is 0 Å².